The van der Waals surface area contributed by atoms with Crippen LogP contribution in [0, 0.1) is 6.92 Å². The normalized spacial score (nSPS) is 11.6. The quantitative estimate of drug-likeness (QED) is 0.513. The Kier molecular flexibility index (Phi) is 5.32. The number of esters is 1. The van der Waals surface area contributed by atoms with Crippen LogP contribution in [0.25, 0.3) is 10.2 Å². The molecule has 0 unspecified atom stereocenters. The molecule has 0 radical (unpaired) electrons. The van der Waals surface area contributed by atoms with Gasteiger partial charge in [-0.05, 0) is 37.6 Å². The molecule has 0 atom stereocenters. The summed E-state index contributed by atoms with van der Waals surface area (Å²) in [5.74, 6) is -0.924. The molecule has 138 valence electrons. The largest absolute Gasteiger partial charge is 0.468 e. The Morgan fingerprint density at radius 3 is 2.37 bits per heavy atom. The van der Waals surface area contributed by atoms with Crippen molar-refractivity contribution in [3.63, 3.8) is 0 Å². The first-order valence-electron chi connectivity index (χ1n) is 8.26. The highest BCUT2D eigenvalue weighted by atomic mass is 32.1. The molecule has 0 bridgehead atoms. The van der Waals surface area contributed by atoms with Crippen molar-refractivity contribution in [2.24, 2.45) is 4.99 Å². The molecule has 0 saturated carbocycles. The maximum absolute atomic E-state index is 12.6. The number of ether oxygens (including phenoxy) is 1. The van der Waals surface area contributed by atoms with Crippen molar-refractivity contribution < 1.29 is 19.1 Å². The van der Waals surface area contributed by atoms with E-state index < -0.39 is 11.9 Å². The average molecular weight is 382 g/mol. The van der Waals surface area contributed by atoms with Gasteiger partial charge in [-0.1, -0.05) is 35.6 Å². The minimum absolute atomic E-state index is 0.0310. The molecule has 0 spiro atoms. The van der Waals surface area contributed by atoms with Crippen LogP contribution in [0.5, 0.6) is 0 Å². The van der Waals surface area contributed by atoms with Crippen molar-refractivity contribution in [3.05, 3.63) is 64.0 Å². The number of benzene rings is 2. The van der Waals surface area contributed by atoms with Gasteiger partial charge in [0.05, 0.1) is 17.3 Å². The number of fused-ring (bicyclic) bond motifs is 1. The number of amides is 1. The zero-order valence-electron chi connectivity index (χ0n) is 15.2. The number of para-hydroxylation sites is 1. The topological polar surface area (TPSA) is 77.7 Å². The third-order valence-electron chi connectivity index (χ3n) is 4.15. The SMILES string of the molecule is COC(=O)Cn1c(=NC(=O)c2ccc(C(C)=O)cc2)sc2cccc(C)c21. The monoisotopic (exact) mass is 382 g/mol. The van der Waals surface area contributed by atoms with Gasteiger partial charge in [0.25, 0.3) is 5.91 Å². The summed E-state index contributed by atoms with van der Waals surface area (Å²) < 4.78 is 7.40. The van der Waals surface area contributed by atoms with Gasteiger partial charge < -0.3 is 9.30 Å². The summed E-state index contributed by atoms with van der Waals surface area (Å²) in [6.45, 7) is 3.38. The van der Waals surface area contributed by atoms with E-state index in [1.807, 2.05) is 25.1 Å². The summed E-state index contributed by atoms with van der Waals surface area (Å²) in [6.07, 6.45) is 0. The van der Waals surface area contributed by atoms with Crippen LogP contribution in [-0.2, 0) is 16.1 Å². The van der Waals surface area contributed by atoms with E-state index in [0.29, 0.717) is 15.9 Å². The average Bonchev–Trinajstić information content (AvgIpc) is 3.00. The van der Waals surface area contributed by atoms with E-state index in [9.17, 15) is 14.4 Å². The summed E-state index contributed by atoms with van der Waals surface area (Å²) in [4.78, 5) is 40.4. The number of methoxy groups -OCH3 is 1. The van der Waals surface area contributed by atoms with Crippen LogP contribution < -0.4 is 4.80 Å². The lowest BCUT2D eigenvalue weighted by Gasteiger charge is -2.05. The number of Topliss-reactive ketones (excluding diaryl/α,β-unsaturated/α-hetero) is 1. The highest BCUT2D eigenvalue weighted by molar-refractivity contribution is 7.16. The van der Waals surface area contributed by atoms with Gasteiger partial charge in [-0.3, -0.25) is 14.4 Å². The molecule has 1 aromatic heterocycles. The summed E-state index contributed by atoms with van der Waals surface area (Å²) in [6, 6.07) is 12.1. The molecule has 0 aliphatic carbocycles. The van der Waals surface area contributed by atoms with Crippen molar-refractivity contribution in [1.82, 2.24) is 4.57 Å². The Morgan fingerprint density at radius 2 is 1.74 bits per heavy atom. The van der Waals surface area contributed by atoms with E-state index in [1.165, 1.54) is 25.4 Å². The van der Waals surface area contributed by atoms with Crippen molar-refractivity contribution in [2.45, 2.75) is 20.4 Å². The molecule has 0 aliphatic rings. The van der Waals surface area contributed by atoms with Crippen molar-refractivity contribution in [1.29, 1.82) is 0 Å². The lowest BCUT2D eigenvalue weighted by atomic mass is 10.1. The second-order valence-corrected chi connectivity index (χ2v) is 7.03. The molecule has 0 saturated heterocycles. The zero-order valence-corrected chi connectivity index (χ0v) is 16.0. The molecule has 1 amide bonds. The fraction of sp³-hybridized carbons (Fsp3) is 0.200. The maximum Gasteiger partial charge on any atom is 0.325 e. The predicted octanol–water partition coefficient (Wildman–Crippen LogP) is 3.13. The molecule has 0 fully saturated rings. The maximum atomic E-state index is 12.6. The first kappa shape index (κ1) is 18.7. The molecule has 27 heavy (non-hydrogen) atoms. The summed E-state index contributed by atoms with van der Waals surface area (Å²) in [5.41, 5.74) is 2.74. The first-order valence-corrected chi connectivity index (χ1v) is 9.08. The van der Waals surface area contributed by atoms with Crippen LogP contribution in [0.2, 0.25) is 0 Å². The smallest absolute Gasteiger partial charge is 0.325 e. The third kappa shape index (κ3) is 3.88. The van der Waals surface area contributed by atoms with Gasteiger partial charge in [0.15, 0.2) is 10.6 Å². The Hall–Kier alpha value is -3.06. The van der Waals surface area contributed by atoms with Gasteiger partial charge in [-0.15, -0.1) is 0 Å². The third-order valence-corrected chi connectivity index (χ3v) is 5.20. The Bertz CT molecular complexity index is 1110. The van der Waals surface area contributed by atoms with Gasteiger partial charge in [-0.2, -0.15) is 4.99 Å². The van der Waals surface area contributed by atoms with Crippen LogP contribution in [0.3, 0.4) is 0 Å². The Balaban J connectivity index is 2.10. The molecule has 2 aromatic carbocycles. The summed E-state index contributed by atoms with van der Waals surface area (Å²) >= 11 is 1.34. The van der Waals surface area contributed by atoms with Crippen molar-refractivity contribution in [3.8, 4) is 0 Å². The lowest BCUT2D eigenvalue weighted by Crippen LogP contribution is -2.22. The molecular formula is C20H18N2O4S. The number of nitrogens with zero attached hydrogens (tertiary/aromatic N) is 2. The Morgan fingerprint density at radius 1 is 1.07 bits per heavy atom. The molecule has 3 aromatic rings. The van der Waals surface area contributed by atoms with Gasteiger partial charge >= 0.3 is 5.97 Å². The fourth-order valence-electron chi connectivity index (χ4n) is 2.73. The number of hydrogen-bond acceptors (Lipinski definition) is 5. The van der Waals surface area contributed by atoms with Gasteiger partial charge in [0.2, 0.25) is 0 Å². The van der Waals surface area contributed by atoms with E-state index in [0.717, 1.165) is 15.8 Å². The number of carbonyl (C=O) groups is 3. The molecule has 6 nitrogen and oxygen atoms in total. The van der Waals surface area contributed by atoms with E-state index in [1.54, 1.807) is 28.8 Å². The minimum Gasteiger partial charge on any atom is -0.468 e. The summed E-state index contributed by atoms with van der Waals surface area (Å²) in [5, 5.41) is 0. The van der Waals surface area contributed by atoms with Crippen LogP contribution in [-0.4, -0.2) is 29.3 Å². The van der Waals surface area contributed by atoms with E-state index in [4.69, 9.17) is 4.74 Å². The first-order chi connectivity index (χ1) is 12.9. The highest BCUT2D eigenvalue weighted by Gasteiger charge is 2.14. The van der Waals surface area contributed by atoms with Gasteiger partial charge in [-0.25, -0.2) is 0 Å². The standard InChI is InChI=1S/C20H18N2O4S/c1-12-5-4-6-16-18(12)22(11-17(24)26-3)20(27-16)21-19(25)15-9-7-14(8-10-15)13(2)23/h4-10H,11H2,1-3H3. The second kappa shape index (κ2) is 7.67. The molecular weight excluding hydrogens is 364 g/mol. The number of ketones is 1. The fourth-order valence-corrected chi connectivity index (χ4v) is 3.84. The number of aryl methyl sites for hydroxylation is 1. The number of carbonyl (C=O) groups excluding carboxylic acids is 3. The van der Waals surface area contributed by atoms with Crippen LogP contribution in [0.15, 0.2) is 47.5 Å². The zero-order chi connectivity index (χ0) is 19.6. The minimum atomic E-state index is -0.437. The van der Waals surface area contributed by atoms with Crippen LogP contribution >= 0.6 is 11.3 Å². The molecule has 3 rings (SSSR count). The number of aromatic nitrogens is 1. The number of thiazole rings is 1. The predicted molar refractivity (Wildman–Crippen MR) is 103 cm³/mol. The van der Waals surface area contributed by atoms with Crippen molar-refractivity contribution >= 4 is 39.2 Å². The molecule has 1 heterocycles. The van der Waals surface area contributed by atoms with E-state index in [2.05, 4.69) is 4.99 Å². The second-order valence-electron chi connectivity index (χ2n) is 6.02. The van der Waals surface area contributed by atoms with E-state index in [-0.39, 0.29) is 12.3 Å². The van der Waals surface area contributed by atoms with Gasteiger partial charge in [0, 0.05) is 11.1 Å². The highest BCUT2D eigenvalue weighted by Crippen LogP contribution is 2.21. The number of rotatable bonds is 4. The van der Waals surface area contributed by atoms with E-state index >= 15 is 0 Å². The Labute approximate surface area is 159 Å². The van der Waals surface area contributed by atoms with Crippen molar-refractivity contribution in [2.75, 3.05) is 7.11 Å². The van der Waals surface area contributed by atoms with Gasteiger partial charge in [0.1, 0.15) is 6.54 Å². The molecule has 7 heteroatoms. The van der Waals surface area contributed by atoms with Crippen LogP contribution in [0.1, 0.15) is 33.2 Å². The molecule has 0 aliphatic heterocycles. The lowest BCUT2D eigenvalue weighted by molar-refractivity contribution is -0.141. The molecule has 0 N–H and O–H groups in total. The number of hydrogen-bond donors (Lipinski definition) is 0. The summed E-state index contributed by atoms with van der Waals surface area (Å²) in [7, 11) is 1.32. The van der Waals surface area contributed by atoms with Crippen LogP contribution in [0.4, 0.5) is 0 Å².